The lowest BCUT2D eigenvalue weighted by molar-refractivity contribution is -0.142. The first-order valence-corrected chi connectivity index (χ1v) is 7.64. The molecule has 0 fully saturated rings. The highest BCUT2D eigenvalue weighted by atomic mass is 32.1. The summed E-state index contributed by atoms with van der Waals surface area (Å²) in [7, 11) is 1.89. The molecule has 0 unspecified atom stereocenters. The van der Waals surface area contributed by atoms with Crippen molar-refractivity contribution >= 4 is 33.6 Å². The summed E-state index contributed by atoms with van der Waals surface area (Å²) in [5, 5.41) is 4.21. The first kappa shape index (κ1) is 17.2. The normalized spacial score (nSPS) is 11.7. The molecular formula is C16H22N2O2S. The van der Waals surface area contributed by atoms with Gasteiger partial charge in [0.25, 0.3) is 0 Å². The maximum absolute atomic E-state index is 11.2. The van der Waals surface area contributed by atoms with E-state index in [-0.39, 0.29) is 12.4 Å². The molecule has 0 saturated heterocycles. The summed E-state index contributed by atoms with van der Waals surface area (Å²) in [6.07, 6.45) is 3.59. The lowest BCUT2D eigenvalue weighted by Crippen LogP contribution is -2.01. The van der Waals surface area contributed by atoms with Crippen LogP contribution in [0.5, 0.6) is 0 Å². The minimum atomic E-state index is -0.239. The molecule has 0 spiro atoms. The first-order valence-electron chi connectivity index (χ1n) is 6.82. The van der Waals surface area contributed by atoms with E-state index in [1.54, 1.807) is 30.5 Å². The highest BCUT2D eigenvalue weighted by Gasteiger charge is 2.11. The van der Waals surface area contributed by atoms with Crippen LogP contribution in [0.1, 0.15) is 37.6 Å². The van der Waals surface area contributed by atoms with Gasteiger partial charge in [0.1, 0.15) is 0 Å². The van der Waals surface area contributed by atoms with E-state index in [4.69, 9.17) is 4.74 Å². The van der Waals surface area contributed by atoms with Crippen LogP contribution in [0.4, 0.5) is 5.00 Å². The standard InChI is InChI=1S/C16H22N2O2S/c1-6-20-15(19)8-7-9-18-12(4)13-10-14(17-5)21-16(13)11(2)3/h7,9-10,17H,2,6,8H2,1,3-5H3/b9-7-,18-12-. The number of nitrogens with one attached hydrogen (secondary N) is 1. The Kier molecular flexibility index (Phi) is 6.88. The molecule has 1 aromatic heterocycles. The van der Waals surface area contributed by atoms with Gasteiger partial charge in [-0.25, -0.2) is 0 Å². The molecular weight excluding hydrogens is 284 g/mol. The van der Waals surface area contributed by atoms with Crippen molar-refractivity contribution in [2.75, 3.05) is 19.0 Å². The molecule has 5 heteroatoms. The minimum Gasteiger partial charge on any atom is -0.466 e. The van der Waals surface area contributed by atoms with E-state index in [2.05, 4.69) is 23.0 Å². The number of anilines is 1. The Bertz CT molecular complexity index is 571. The molecule has 0 saturated carbocycles. The lowest BCUT2D eigenvalue weighted by atomic mass is 10.1. The zero-order valence-electron chi connectivity index (χ0n) is 13.0. The fourth-order valence-corrected chi connectivity index (χ4v) is 2.69. The van der Waals surface area contributed by atoms with E-state index in [1.165, 1.54) is 0 Å². The number of hydrogen-bond donors (Lipinski definition) is 1. The third-order valence-electron chi connectivity index (χ3n) is 2.72. The van der Waals surface area contributed by atoms with Crippen molar-refractivity contribution < 1.29 is 9.53 Å². The number of ether oxygens (including phenoxy) is 1. The number of aliphatic imine (C=N–C) groups is 1. The zero-order valence-corrected chi connectivity index (χ0v) is 13.8. The van der Waals surface area contributed by atoms with Crippen molar-refractivity contribution in [1.82, 2.24) is 0 Å². The van der Waals surface area contributed by atoms with Crippen molar-refractivity contribution in [1.29, 1.82) is 0 Å². The molecule has 4 nitrogen and oxygen atoms in total. The van der Waals surface area contributed by atoms with E-state index < -0.39 is 0 Å². The van der Waals surface area contributed by atoms with Crippen molar-refractivity contribution in [3.05, 3.63) is 35.4 Å². The second-order valence-electron chi connectivity index (χ2n) is 4.49. The molecule has 1 aromatic rings. The van der Waals surface area contributed by atoms with Gasteiger partial charge < -0.3 is 10.1 Å². The van der Waals surface area contributed by atoms with E-state index in [0.29, 0.717) is 6.61 Å². The summed E-state index contributed by atoms with van der Waals surface area (Å²) >= 11 is 1.66. The predicted octanol–water partition coefficient (Wildman–Crippen LogP) is 4.10. The van der Waals surface area contributed by atoms with E-state index in [1.807, 2.05) is 20.9 Å². The Morgan fingerprint density at radius 2 is 2.24 bits per heavy atom. The maximum Gasteiger partial charge on any atom is 0.309 e. The van der Waals surface area contributed by atoms with Gasteiger partial charge in [0.15, 0.2) is 0 Å². The van der Waals surface area contributed by atoms with Gasteiger partial charge in [-0.15, -0.1) is 11.3 Å². The van der Waals surface area contributed by atoms with E-state index in [9.17, 15) is 4.79 Å². The zero-order chi connectivity index (χ0) is 15.8. The molecule has 21 heavy (non-hydrogen) atoms. The van der Waals surface area contributed by atoms with Crippen LogP contribution in [-0.2, 0) is 9.53 Å². The second kappa shape index (κ2) is 8.42. The largest absolute Gasteiger partial charge is 0.466 e. The van der Waals surface area contributed by atoms with Crippen molar-refractivity contribution in [2.24, 2.45) is 4.99 Å². The van der Waals surface area contributed by atoms with Gasteiger partial charge in [-0.2, -0.15) is 0 Å². The summed E-state index contributed by atoms with van der Waals surface area (Å²) in [6.45, 7) is 10.1. The number of allylic oxidation sites excluding steroid dienone is 1. The Morgan fingerprint density at radius 3 is 2.81 bits per heavy atom. The molecule has 114 valence electrons. The van der Waals surface area contributed by atoms with Crippen LogP contribution < -0.4 is 5.32 Å². The van der Waals surface area contributed by atoms with Gasteiger partial charge >= 0.3 is 5.97 Å². The highest BCUT2D eigenvalue weighted by Crippen LogP contribution is 2.32. The van der Waals surface area contributed by atoms with Gasteiger partial charge in [0.2, 0.25) is 0 Å². The molecule has 1 heterocycles. The summed E-state index contributed by atoms with van der Waals surface area (Å²) in [4.78, 5) is 16.7. The molecule has 0 aromatic carbocycles. The van der Waals surface area contributed by atoms with Gasteiger partial charge in [-0.05, 0) is 32.4 Å². The average Bonchev–Trinajstić information content (AvgIpc) is 2.88. The fourth-order valence-electron chi connectivity index (χ4n) is 1.70. The van der Waals surface area contributed by atoms with Crippen LogP contribution in [0, 0.1) is 0 Å². The van der Waals surface area contributed by atoms with E-state index in [0.717, 1.165) is 26.7 Å². The van der Waals surface area contributed by atoms with Gasteiger partial charge in [0.05, 0.1) is 18.0 Å². The monoisotopic (exact) mass is 306 g/mol. The smallest absolute Gasteiger partial charge is 0.309 e. The molecule has 0 radical (unpaired) electrons. The summed E-state index contributed by atoms with van der Waals surface area (Å²) < 4.78 is 4.85. The minimum absolute atomic E-state index is 0.239. The Hall–Kier alpha value is -1.88. The number of carbonyl (C=O) groups is 1. The lowest BCUT2D eigenvalue weighted by Gasteiger charge is -2.01. The first-order chi connectivity index (χ1) is 9.99. The fraction of sp³-hybridized carbons (Fsp3) is 0.375. The topological polar surface area (TPSA) is 50.7 Å². The van der Waals surface area contributed by atoms with Gasteiger partial charge in [0, 0.05) is 29.4 Å². The number of rotatable bonds is 7. The summed E-state index contributed by atoms with van der Waals surface area (Å²) in [5.74, 6) is -0.239. The molecule has 0 aliphatic carbocycles. The van der Waals surface area contributed by atoms with Gasteiger partial charge in [-0.3, -0.25) is 9.79 Å². The number of thiophene rings is 1. The molecule has 0 atom stereocenters. The van der Waals surface area contributed by atoms with Crippen molar-refractivity contribution in [3.8, 4) is 0 Å². The number of hydrogen-bond acceptors (Lipinski definition) is 5. The molecule has 1 rings (SSSR count). The van der Waals surface area contributed by atoms with Crippen LogP contribution in [0.3, 0.4) is 0 Å². The van der Waals surface area contributed by atoms with Gasteiger partial charge in [-0.1, -0.05) is 12.7 Å². The molecule has 0 bridgehead atoms. The van der Waals surface area contributed by atoms with E-state index >= 15 is 0 Å². The number of carbonyl (C=O) groups excluding carboxylic acids is 1. The van der Waals surface area contributed by atoms with Crippen LogP contribution in [0.25, 0.3) is 5.57 Å². The van der Waals surface area contributed by atoms with Crippen molar-refractivity contribution in [2.45, 2.75) is 27.2 Å². The van der Waals surface area contributed by atoms with Crippen LogP contribution >= 0.6 is 11.3 Å². The average molecular weight is 306 g/mol. The maximum atomic E-state index is 11.2. The third-order valence-corrected chi connectivity index (χ3v) is 4.03. The quantitative estimate of drug-likeness (QED) is 0.609. The molecule has 0 aliphatic rings. The Labute approximate surface area is 130 Å². The molecule has 1 N–H and O–H groups in total. The second-order valence-corrected chi connectivity index (χ2v) is 5.54. The SMILES string of the molecule is C=C(C)c1sc(NC)cc1/C(C)=N\C=C/CC(=O)OCC. The van der Waals surface area contributed by atoms with Crippen LogP contribution in [0.2, 0.25) is 0 Å². The predicted molar refractivity (Wildman–Crippen MR) is 91.2 cm³/mol. The van der Waals surface area contributed by atoms with Crippen LogP contribution in [-0.4, -0.2) is 25.3 Å². The molecule has 0 aliphatic heterocycles. The number of esters is 1. The van der Waals surface area contributed by atoms with Crippen molar-refractivity contribution in [3.63, 3.8) is 0 Å². The Balaban J connectivity index is 2.82. The summed E-state index contributed by atoms with van der Waals surface area (Å²) in [6, 6.07) is 2.06. The van der Waals surface area contributed by atoms with Crippen LogP contribution in [0.15, 0.2) is 29.9 Å². The number of nitrogens with zero attached hydrogens (tertiary/aromatic N) is 1. The third kappa shape index (κ3) is 5.19. The summed E-state index contributed by atoms with van der Waals surface area (Å²) in [5.41, 5.74) is 2.98. The molecule has 0 amide bonds. The Morgan fingerprint density at radius 1 is 1.52 bits per heavy atom. The highest BCUT2D eigenvalue weighted by molar-refractivity contribution is 7.17.